The zero-order valence-electron chi connectivity index (χ0n) is 9.41. The summed E-state index contributed by atoms with van der Waals surface area (Å²) in [5.41, 5.74) is 2.30. The Hall–Kier alpha value is -2.09. The first-order valence-corrected chi connectivity index (χ1v) is 5.74. The first kappa shape index (κ1) is 10.1. The average Bonchev–Trinajstić information content (AvgIpc) is 2.40. The van der Waals surface area contributed by atoms with E-state index >= 15 is 0 Å². The normalized spacial score (nSPS) is 17.3. The summed E-state index contributed by atoms with van der Waals surface area (Å²) in [6.45, 7) is 0. The van der Waals surface area contributed by atoms with E-state index in [2.05, 4.69) is 17.1 Å². The molecule has 0 fully saturated rings. The molecule has 0 radical (unpaired) electrons. The highest BCUT2D eigenvalue weighted by atomic mass is 16.5. The molecule has 2 heteroatoms. The molecule has 0 N–H and O–H groups in total. The Balaban J connectivity index is 1.77. The van der Waals surface area contributed by atoms with E-state index in [1.807, 2.05) is 48.7 Å². The van der Waals surface area contributed by atoms with Crippen molar-refractivity contribution in [2.75, 3.05) is 0 Å². The number of rotatable bonds is 2. The molecule has 0 aliphatic carbocycles. The summed E-state index contributed by atoms with van der Waals surface area (Å²) < 4.78 is 5.84. The summed E-state index contributed by atoms with van der Waals surface area (Å²) in [6.07, 6.45) is 2.60. The molecule has 84 valence electrons. The highest BCUT2D eigenvalue weighted by Gasteiger charge is 2.15. The van der Waals surface area contributed by atoms with Gasteiger partial charge in [-0.15, -0.1) is 0 Å². The molecule has 1 aliphatic rings. The Morgan fingerprint density at radius 1 is 0.941 bits per heavy atom. The van der Waals surface area contributed by atoms with Gasteiger partial charge in [0.2, 0.25) is 0 Å². The SMILES string of the molecule is C1=NC(Cc2ccccc2)Oc2ccccc21. The fourth-order valence-corrected chi connectivity index (χ4v) is 1.95. The molecule has 17 heavy (non-hydrogen) atoms. The van der Waals surface area contributed by atoms with E-state index in [4.69, 9.17) is 4.74 Å². The lowest BCUT2D eigenvalue weighted by Gasteiger charge is -2.20. The summed E-state index contributed by atoms with van der Waals surface area (Å²) in [5.74, 6) is 0.920. The van der Waals surface area contributed by atoms with Crippen LogP contribution in [-0.4, -0.2) is 12.4 Å². The molecular weight excluding hydrogens is 210 g/mol. The van der Waals surface area contributed by atoms with Crippen LogP contribution in [0.2, 0.25) is 0 Å². The molecule has 2 aromatic carbocycles. The van der Waals surface area contributed by atoms with Crippen LogP contribution in [0.1, 0.15) is 11.1 Å². The zero-order valence-corrected chi connectivity index (χ0v) is 9.41. The minimum atomic E-state index is -0.104. The van der Waals surface area contributed by atoms with Crippen LogP contribution in [0.5, 0.6) is 5.75 Å². The molecule has 1 atom stereocenters. The highest BCUT2D eigenvalue weighted by Crippen LogP contribution is 2.22. The van der Waals surface area contributed by atoms with E-state index in [0.29, 0.717) is 0 Å². The Morgan fingerprint density at radius 2 is 1.71 bits per heavy atom. The number of benzene rings is 2. The van der Waals surface area contributed by atoms with Crippen LogP contribution in [0.15, 0.2) is 59.6 Å². The molecule has 2 nitrogen and oxygen atoms in total. The number of hydrogen-bond donors (Lipinski definition) is 0. The summed E-state index contributed by atoms with van der Waals surface area (Å²) in [5, 5.41) is 0. The van der Waals surface area contributed by atoms with Gasteiger partial charge in [0.25, 0.3) is 0 Å². The van der Waals surface area contributed by atoms with E-state index in [1.54, 1.807) is 0 Å². The summed E-state index contributed by atoms with van der Waals surface area (Å²) in [7, 11) is 0. The van der Waals surface area contributed by atoms with Crippen LogP contribution in [-0.2, 0) is 6.42 Å². The number of para-hydroxylation sites is 1. The van der Waals surface area contributed by atoms with E-state index in [0.717, 1.165) is 17.7 Å². The van der Waals surface area contributed by atoms with Gasteiger partial charge >= 0.3 is 0 Å². The van der Waals surface area contributed by atoms with Crippen LogP contribution >= 0.6 is 0 Å². The fraction of sp³-hybridized carbons (Fsp3) is 0.133. The second-order valence-electron chi connectivity index (χ2n) is 4.08. The van der Waals surface area contributed by atoms with Gasteiger partial charge in [0, 0.05) is 18.2 Å². The predicted octanol–water partition coefficient (Wildman–Crippen LogP) is 3.07. The van der Waals surface area contributed by atoms with Gasteiger partial charge in [-0.1, -0.05) is 42.5 Å². The maximum atomic E-state index is 5.84. The first-order chi connectivity index (χ1) is 8.42. The fourth-order valence-electron chi connectivity index (χ4n) is 1.95. The Morgan fingerprint density at radius 3 is 2.59 bits per heavy atom. The van der Waals surface area contributed by atoms with Crippen LogP contribution in [0.4, 0.5) is 0 Å². The third kappa shape index (κ3) is 2.21. The number of aliphatic imine (C=N–C) groups is 1. The summed E-state index contributed by atoms with van der Waals surface area (Å²) >= 11 is 0. The van der Waals surface area contributed by atoms with Crippen molar-refractivity contribution in [1.82, 2.24) is 0 Å². The van der Waals surface area contributed by atoms with Gasteiger partial charge in [-0.05, 0) is 17.7 Å². The molecule has 0 spiro atoms. The third-order valence-electron chi connectivity index (χ3n) is 2.82. The maximum absolute atomic E-state index is 5.84. The summed E-state index contributed by atoms with van der Waals surface area (Å²) in [4.78, 5) is 4.42. The molecule has 1 unspecified atom stereocenters. The number of nitrogens with zero attached hydrogens (tertiary/aromatic N) is 1. The molecule has 1 heterocycles. The lowest BCUT2D eigenvalue weighted by atomic mass is 10.1. The predicted molar refractivity (Wildman–Crippen MR) is 68.6 cm³/mol. The smallest absolute Gasteiger partial charge is 0.193 e. The minimum absolute atomic E-state index is 0.104. The van der Waals surface area contributed by atoms with Gasteiger partial charge in [-0.25, -0.2) is 4.99 Å². The Labute approximate surface area is 101 Å². The van der Waals surface area contributed by atoms with E-state index < -0.39 is 0 Å². The quantitative estimate of drug-likeness (QED) is 0.766. The minimum Gasteiger partial charge on any atom is -0.468 e. The van der Waals surface area contributed by atoms with Gasteiger partial charge in [0.05, 0.1) is 0 Å². The lowest BCUT2D eigenvalue weighted by molar-refractivity contribution is 0.208. The molecule has 0 bridgehead atoms. The maximum Gasteiger partial charge on any atom is 0.193 e. The van der Waals surface area contributed by atoms with E-state index in [1.165, 1.54) is 5.56 Å². The summed E-state index contributed by atoms with van der Waals surface area (Å²) in [6, 6.07) is 18.3. The van der Waals surface area contributed by atoms with Gasteiger partial charge in [0.15, 0.2) is 6.23 Å². The van der Waals surface area contributed by atoms with Crippen LogP contribution in [0.25, 0.3) is 0 Å². The molecule has 0 aromatic heterocycles. The van der Waals surface area contributed by atoms with Crippen molar-refractivity contribution in [2.45, 2.75) is 12.6 Å². The van der Waals surface area contributed by atoms with Gasteiger partial charge in [0.1, 0.15) is 5.75 Å². The monoisotopic (exact) mass is 223 g/mol. The van der Waals surface area contributed by atoms with Crippen LogP contribution in [0.3, 0.4) is 0 Å². The third-order valence-corrected chi connectivity index (χ3v) is 2.82. The zero-order chi connectivity index (χ0) is 11.5. The largest absolute Gasteiger partial charge is 0.468 e. The molecule has 1 aliphatic heterocycles. The number of ether oxygens (including phenoxy) is 1. The van der Waals surface area contributed by atoms with Crippen molar-refractivity contribution in [3.8, 4) is 5.75 Å². The Bertz CT molecular complexity index is 534. The molecule has 0 amide bonds. The Kier molecular flexibility index (Phi) is 2.62. The van der Waals surface area contributed by atoms with Gasteiger partial charge in [-0.3, -0.25) is 0 Å². The van der Waals surface area contributed by atoms with Crippen molar-refractivity contribution < 1.29 is 4.74 Å². The van der Waals surface area contributed by atoms with Crippen LogP contribution < -0.4 is 4.74 Å². The number of hydrogen-bond acceptors (Lipinski definition) is 2. The lowest BCUT2D eigenvalue weighted by Crippen LogP contribution is -2.21. The second kappa shape index (κ2) is 4.42. The van der Waals surface area contributed by atoms with Crippen LogP contribution in [0, 0.1) is 0 Å². The molecule has 0 saturated carbocycles. The standard InChI is InChI=1S/C15H13NO/c1-2-6-12(7-3-1)10-15-16-11-13-8-4-5-9-14(13)17-15/h1-9,11,15H,10H2. The molecule has 3 rings (SSSR count). The van der Waals surface area contributed by atoms with Gasteiger partial charge < -0.3 is 4.74 Å². The second-order valence-corrected chi connectivity index (χ2v) is 4.08. The average molecular weight is 223 g/mol. The van der Waals surface area contributed by atoms with Crippen molar-refractivity contribution in [1.29, 1.82) is 0 Å². The van der Waals surface area contributed by atoms with Gasteiger partial charge in [-0.2, -0.15) is 0 Å². The van der Waals surface area contributed by atoms with Crippen molar-refractivity contribution in [3.63, 3.8) is 0 Å². The van der Waals surface area contributed by atoms with Crippen molar-refractivity contribution >= 4 is 6.21 Å². The topological polar surface area (TPSA) is 21.6 Å². The van der Waals surface area contributed by atoms with Crippen molar-refractivity contribution in [3.05, 3.63) is 65.7 Å². The molecule has 0 saturated heterocycles. The van der Waals surface area contributed by atoms with Crippen molar-refractivity contribution in [2.24, 2.45) is 4.99 Å². The molecule has 2 aromatic rings. The highest BCUT2D eigenvalue weighted by molar-refractivity contribution is 5.84. The van der Waals surface area contributed by atoms with E-state index in [-0.39, 0.29) is 6.23 Å². The first-order valence-electron chi connectivity index (χ1n) is 5.74. The van der Waals surface area contributed by atoms with E-state index in [9.17, 15) is 0 Å². The molecular formula is C15H13NO. The number of fused-ring (bicyclic) bond motifs is 1.